The van der Waals surface area contributed by atoms with Crippen molar-refractivity contribution in [2.75, 3.05) is 10.6 Å². The van der Waals surface area contributed by atoms with Gasteiger partial charge in [0.1, 0.15) is 5.69 Å². The van der Waals surface area contributed by atoms with E-state index in [1.807, 2.05) is 6.07 Å². The van der Waals surface area contributed by atoms with Crippen LogP contribution in [0.25, 0.3) is 0 Å². The van der Waals surface area contributed by atoms with Crippen molar-refractivity contribution in [1.29, 1.82) is 5.26 Å². The van der Waals surface area contributed by atoms with Crippen molar-refractivity contribution in [2.45, 2.75) is 38.1 Å². The Morgan fingerprint density at radius 2 is 2.04 bits per heavy atom. The van der Waals surface area contributed by atoms with E-state index in [1.54, 1.807) is 36.5 Å². The predicted molar refractivity (Wildman–Crippen MR) is 91.6 cm³/mol. The van der Waals surface area contributed by atoms with Gasteiger partial charge in [0.25, 0.3) is 5.91 Å². The Bertz CT molecular complexity index is 762. The van der Waals surface area contributed by atoms with E-state index in [-0.39, 0.29) is 5.91 Å². The molecule has 2 N–H and O–H groups in total. The van der Waals surface area contributed by atoms with Gasteiger partial charge in [0.15, 0.2) is 0 Å². The maximum absolute atomic E-state index is 12.3. The number of benzene rings is 1. The summed E-state index contributed by atoms with van der Waals surface area (Å²) in [6.07, 6.45) is 7.52. The molecule has 122 valence electrons. The van der Waals surface area contributed by atoms with Crippen LogP contribution < -0.4 is 10.6 Å². The second kappa shape index (κ2) is 7.55. The zero-order chi connectivity index (χ0) is 16.8. The van der Waals surface area contributed by atoms with Gasteiger partial charge in [-0.1, -0.05) is 25.3 Å². The second-order valence-electron chi connectivity index (χ2n) is 5.89. The lowest BCUT2D eigenvalue weighted by molar-refractivity contribution is 0.102. The van der Waals surface area contributed by atoms with Crippen LogP contribution in [0.4, 0.5) is 11.6 Å². The molecule has 1 aromatic heterocycles. The van der Waals surface area contributed by atoms with E-state index >= 15 is 0 Å². The Morgan fingerprint density at radius 3 is 2.83 bits per heavy atom. The van der Waals surface area contributed by atoms with Gasteiger partial charge in [-0.3, -0.25) is 4.79 Å². The minimum atomic E-state index is -0.320. The fourth-order valence-corrected chi connectivity index (χ4v) is 2.85. The molecule has 0 unspecified atom stereocenters. The molecule has 0 bridgehead atoms. The minimum Gasteiger partial charge on any atom is -0.351 e. The molecular formula is C18H19N5O. The normalized spacial score (nSPS) is 14.6. The summed E-state index contributed by atoms with van der Waals surface area (Å²) in [6.45, 7) is 0. The Hall–Kier alpha value is -2.94. The van der Waals surface area contributed by atoms with Crippen molar-refractivity contribution in [3.05, 3.63) is 47.8 Å². The molecule has 24 heavy (non-hydrogen) atoms. The van der Waals surface area contributed by atoms with Crippen LogP contribution in [0.1, 0.15) is 48.2 Å². The summed E-state index contributed by atoms with van der Waals surface area (Å²) in [5.41, 5.74) is 1.36. The first kappa shape index (κ1) is 15.9. The van der Waals surface area contributed by atoms with Crippen LogP contribution in [0.15, 0.2) is 36.5 Å². The Balaban J connectivity index is 1.68. The molecular weight excluding hydrogens is 302 g/mol. The summed E-state index contributed by atoms with van der Waals surface area (Å²) >= 11 is 0. The highest BCUT2D eigenvalue weighted by atomic mass is 16.1. The molecule has 0 saturated heterocycles. The summed E-state index contributed by atoms with van der Waals surface area (Å²) in [7, 11) is 0. The van der Waals surface area contributed by atoms with Gasteiger partial charge in [-0.25, -0.2) is 9.97 Å². The summed E-state index contributed by atoms with van der Waals surface area (Å²) in [5.74, 6) is 0.166. The van der Waals surface area contributed by atoms with Gasteiger partial charge < -0.3 is 10.6 Å². The molecule has 0 aliphatic heterocycles. The summed E-state index contributed by atoms with van der Waals surface area (Å²) in [4.78, 5) is 20.9. The highest BCUT2D eigenvalue weighted by Gasteiger charge is 2.15. The van der Waals surface area contributed by atoms with Crippen molar-refractivity contribution in [1.82, 2.24) is 9.97 Å². The van der Waals surface area contributed by atoms with Crippen LogP contribution in [0.2, 0.25) is 0 Å². The molecule has 1 aliphatic carbocycles. The fourth-order valence-electron chi connectivity index (χ4n) is 2.85. The molecule has 1 heterocycles. The Labute approximate surface area is 140 Å². The third-order valence-electron chi connectivity index (χ3n) is 4.08. The molecule has 1 saturated carbocycles. The zero-order valence-corrected chi connectivity index (χ0v) is 13.3. The zero-order valence-electron chi connectivity index (χ0n) is 13.3. The van der Waals surface area contributed by atoms with Gasteiger partial charge in [0.2, 0.25) is 5.95 Å². The van der Waals surface area contributed by atoms with Crippen molar-refractivity contribution < 1.29 is 4.79 Å². The van der Waals surface area contributed by atoms with Crippen molar-refractivity contribution in [2.24, 2.45) is 0 Å². The van der Waals surface area contributed by atoms with E-state index in [2.05, 4.69) is 20.6 Å². The van der Waals surface area contributed by atoms with E-state index in [0.717, 1.165) is 12.8 Å². The smallest absolute Gasteiger partial charge is 0.274 e. The molecule has 6 nitrogen and oxygen atoms in total. The lowest BCUT2D eigenvalue weighted by atomic mass is 9.96. The third kappa shape index (κ3) is 4.07. The first-order chi connectivity index (χ1) is 11.7. The van der Waals surface area contributed by atoms with E-state index in [1.165, 1.54) is 19.3 Å². The molecule has 0 atom stereocenters. The van der Waals surface area contributed by atoms with E-state index in [0.29, 0.717) is 28.9 Å². The molecule has 6 heteroatoms. The average Bonchev–Trinajstić information content (AvgIpc) is 2.63. The maximum atomic E-state index is 12.3. The molecule has 1 fully saturated rings. The van der Waals surface area contributed by atoms with E-state index < -0.39 is 0 Å². The van der Waals surface area contributed by atoms with Gasteiger partial charge in [0.05, 0.1) is 11.6 Å². The monoisotopic (exact) mass is 321 g/mol. The number of rotatable bonds is 4. The largest absolute Gasteiger partial charge is 0.351 e. The molecule has 0 spiro atoms. The number of hydrogen-bond donors (Lipinski definition) is 2. The number of aromatic nitrogens is 2. The third-order valence-corrected chi connectivity index (χ3v) is 4.08. The van der Waals surface area contributed by atoms with Gasteiger partial charge in [-0.05, 0) is 37.1 Å². The Morgan fingerprint density at radius 1 is 1.21 bits per heavy atom. The molecule has 2 aromatic rings. The van der Waals surface area contributed by atoms with E-state index in [9.17, 15) is 4.79 Å². The second-order valence-corrected chi connectivity index (χ2v) is 5.89. The number of nitriles is 1. The van der Waals surface area contributed by atoms with Crippen molar-refractivity contribution >= 4 is 17.5 Å². The lowest BCUT2D eigenvalue weighted by Gasteiger charge is -2.22. The number of hydrogen-bond acceptors (Lipinski definition) is 5. The number of carbonyl (C=O) groups excluding carboxylic acids is 1. The van der Waals surface area contributed by atoms with Crippen LogP contribution in [-0.4, -0.2) is 21.9 Å². The summed E-state index contributed by atoms with van der Waals surface area (Å²) in [6, 6.07) is 10.8. The maximum Gasteiger partial charge on any atom is 0.274 e. The summed E-state index contributed by atoms with van der Waals surface area (Å²) < 4.78 is 0. The molecule has 0 radical (unpaired) electrons. The lowest BCUT2D eigenvalue weighted by Crippen LogP contribution is -2.24. The quantitative estimate of drug-likeness (QED) is 0.901. The van der Waals surface area contributed by atoms with Crippen LogP contribution in [0, 0.1) is 11.3 Å². The van der Waals surface area contributed by atoms with E-state index in [4.69, 9.17) is 5.26 Å². The fraction of sp³-hybridized carbons (Fsp3) is 0.333. The van der Waals surface area contributed by atoms with Gasteiger partial charge >= 0.3 is 0 Å². The summed E-state index contributed by atoms with van der Waals surface area (Å²) in [5, 5.41) is 15.0. The van der Waals surface area contributed by atoms with Crippen LogP contribution in [0.5, 0.6) is 0 Å². The number of anilines is 2. The van der Waals surface area contributed by atoms with Gasteiger partial charge in [-0.2, -0.15) is 5.26 Å². The highest BCUT2D eigenvalue weighted by molar-refractivity contribution is 6.03. The number of nitrogens with zero attached hydrogens (tertiary/aromatic N) is 3. The first-order valence-corrected chi connectivity index (χ1v) is 8.16. The average molecular weight is 321 g/mol. The Kier molecular flexibility index (Phi) is 5.02. The van der Waals surface area contributed by atoms with Crippen LogP contribution in [-0.2, 0) is 0 Å². The molecule has 1 amide bonds. The topological polar surface area (TPSA) is 90.7 Å². The SMILES string of the molecule is N#Cc1cccc(NC(=O)c2ccnc(NC3CCCCC3)n2)c1. The first-order valence-electron chi connectivity index (χ1n) is 8.16. The predicted octanol–water partition coefficient (Wildman–Crippen LogP) is 3.35. The number of amides is 1. The number of carbonyl (C=O) groups is 1. The van der Waals surface area contributed by atoms with Crippen molar-refractivity contribution in [3.63, 3.8) is 0 Å². The molecule has 3 rings (SSSR count). The minimum absolute atomic E-state index is 0.297. The van der Waals surface area contributed by atoms with Crippen molar-refractivity contribution in [3.8, 4) is 6.07 Å². The molecule has 1 aromatic carbocycles. The van der Waals surface area contributed by atoms with Gasteiger partial charge in [0, 0.05) is 17.9 Å². The van der Waals surface area contributed by atoms with Gasteiger partial charge in [-0.15, -0.1) is 0 Å². The van der Waals surface area contributed by atoms with Crippen LogP contribution >= 0.6 is 0 Å². The highest BCUT2D eigenvalue weighted by Crippen LogP contribution is 2.20. The standard InChI is InChI=1S/C18H19N5O/c19-12-13-5-4-8-15(11-13)21-17(24)16-9-10-20-18(23-16)22-14-6-2-1-3-7-14/h4-5,8-11,14H,1-3,6-7H2,(H,21,24)(H,20,22,23). The number of nitrogens with one attached hydrogen (secondary N) is 2. The van der Waals surface area contributed by atoms with Crippen LogP contribution in [0.3, 0.4) is 0 Å². The molecule has 1 aliphatic rings.